The van der Waals surface area contributed by atoms with Crippen molar-refractivity contribution in [2.75, 3.05) is 19.8 Å². The van der Waals surface area contributed by atoms with E-state index in [4.69, 9.17) is 4.74 Å². The molecule has 2 aromatic rings. The molecule has 2 aliphatic heterocycles. The lowest BCUT2D eigenvalue weighted by molar-refractivity contribution is -0.130. The fourth-order valence-electron chi connectivity index (χ4n) is 5.66. The molecule has 6 nitrogen and oxygen atoms in total. The van der Waals surface area contributed by atoms with Gasteiger partial charge in [0.2, 0.25) is 15.9 Å². The number of benzene rings is 2. The summed E-state index contributed by atoms with van der Waals surface area (Å²) in [5.41, 5.74) is 0.756. The minimum Gasteiger partial charge on any atom is -0.381 e. The molecule has 0 aliphatic carbocycles. The molecule has 0 radical (unpaired) electrons. The van der Waals surface area contributed by atoms with E-state index in [2.05, 4.69) is 26.1 Å². The molecule has 2 atom stereocenters. The van der Waals surface area contributed by atoms with Crippen molar-refractivity contribution in [2.45, 2.75) is 83.1 Å². The minimum atomic E-state index is -3.69. The number of sulfonamides is 1. The Morgan fingerprint density at radius 2 is 1.79 bits per heavy atom. The van der Waals surface area contributed by atoms with Crippen molar-refractivity contribution in [1.29, 1.82) is 0 Å². The Hall–Kier alpha value is -2.29. The molecule has 38 heavy (non-hydrogen) atoms. The van der Waals surface area contributed by atoms with Crippen LogP contribution in [0.4, 0.5) is 4.39 Å². The van der Waals surface area contributed by atoms with Crippen LogP contribution in [0.25, 0.3) is 0 Å². The van der Waals surface area contributed by atoms with Gasteiger partial charge in [-0.3, -0.25) is 4.79 Å². The third kappa shape index (κ3) is 5.97. The molecular weight excluding hydrogens is 503 g/mol. The van der Waals surface area contributed by atoms with Crippen LogP contribution in [0.15, 0.2) is 48.5 Å². The first-order chi connectivity index (χ1) is 18.0. The molecule has 2 aliphatic rings. The summed E-state index contributed by atoms with van der Waals surface area (Å²) in [6.45, 7) is 9.48. The Morgan fingerprint density at radius 3 is 2.39 bits per heavy atom. The Labute approximate surface area is 227 Å². The summed E-state index contributed by atoms with van der Waals surface area (Å²) in [7, 11) is -3.69. The van der Waals surface area contributed by atoms with Crippen LogP contribution in [0.5, 0.6) is 0 Å². The molecule has 0 bridgehead atoms. The van der Waals surface area contributed by atoms with Crippen LogP contribution in [-0.4, -0.2) is 44.4 Å². The SMILES string of the molecule is CCC1CCC(c2ccccc2)S(=O)(=O)N1Cc1ccc(C2(C(=O)NCC(C)(C)C)CCOCC2)cc1F. The number of rotatable bonds is 7. The molecule has 2 unspecified atom stereocenters. The fourth-order valence-corrected chi connectivity index (χ4v) is 7.91. The highest BCUT2D eigenvalue weighted by Gasteiger charge is 2.44. The van der Waals surface area contributed by atoms with E-state index in [1.54, 1.807) is 12.1 Å². The molecule has 2 fully saturated rings. The van der Waals surface area contributed by atoms with Gasteiger partial charge in [0.15, 0.2) is 0 Å². The van der Waals surface area contributed by atoms with Crippen LogP contribution in [-0.2, 0) is 31.5 Å². The molecule has 0 saturated carbocycles. The summed E-state index contributed by atoms with van der Waals surface area (Å²) >= 11 is 0. The van der Waals surface area contributed by atoms with Gasteiger partial charge in [-0.1, -0.05) is 70.2 Å². The molecule has 8 heteroatoms. The first-order valence-corrected chi connectivity index (χ1v) is 15.2. The second-order valence-electron chi connectivity index (χ2n) is 11.9. The van der Waals surface area contributed by atoms with Gasteiger partial charge in [0.05, 0.1) is 5.41 Å². The van der Waals surface area contributed by atoms with Crippen molar-refractivity contribution in [3.8, 4) is 0 Å². The first kappa shape index (κ1) is 28.7. The van der Waals surface area contributed by atoms with E-state index < -0.39 is 26.5 Å². The summed E-state index contributed by atoms with van der Waals surface area (Å²) in [6.07, 6.45) is 2.89. The van der Waals surface area contributed by atoms with Crippen molar-refractivity contribution < 1.29 is 22.3 Å². The zero-order valence-corrected chi connectivity index (χ0v) is 23.8. The largest absolute Gasteiger partial charge is 0.381 e. The van der Waals surface area contributed by atoms with Crippen LogP contribution < -0.4 is 5.32 Å². The maximum Gasteiger partial charge on any atom is 0.230 e. The van der Waals surface area contributed by atoms with Crippen LogP contribution >= 0.6 is 0 Å². The van der Waals surface area contributed by atoms with Gasteiger partial charge in [-0.2, -0.15) is 4.31 Å². The van der Waals surface area contributed by atoms with Crippen molar-refractivity contribution >= 4 is 15.9 Å². The molecule has 2 saturated heterocycles. The van der Waals surface area contributed by atoms with Crippen LogP contribution in [0.2, 0.25) is 0 Å². The third-order valence-corrected chi connectivity index (χ3v) is 10.3. The van der Waals surface area contributed by atoms with Gasteiger partial charge >= 0.3 is 0 Å². The predicted octanol–water partition coefficient (Wildman–Crippen LogP) is 5.48. The van der Waals surface area contributed by atoms with Crippen molar-refractivity contribution in [3.63, 3.8) is 0 Å². The number of halogens is 1. The van der Waals surface area contributed by atoms with E-state index >= 15 is 4.39 Å². The summed E-state index contributed by atoms with van der Waals surface area (Å²) in [6, 6.07) is 14.0. The Kier molecular flexibility index (Phi) is 8.65. The lowest BCUT2D eigenvalue weighted by Crippen LogP contribution is -2.49. The highest BCUT2D eigenvalue weighted by Crippen LogP contribution is 2.40. The van der Waals surface area contributed by atoms with E-state index in [0.29, 0.717) is 56.6 Å². The summed E-state index contributed by atoms with van der Waals surface area (Å²) < 4.78 is 50.2. The standard InChI is InChI=1S/C30H41FN2O4S/c1-5-25-13-14-27(22-9-7-6-8-10-22)38(35,36)33(25)20-23-11-12-24(19-26(23)31)30(15-17-37-18-16-30)28(34)32-21-29(2,3)4/h6-12,19,25,27H,5,13-18,20-21H2,1-4H3,(H,32,34). The van der Waals surface area contributed by atoms with Crippen LogP contribution in [0.3, 0.4) is 0 Å². The molecule has 2 aromatic carbocycles. The zero-order chi connectivity index (χ0) is 27.6. The van der Waals surface area contributed by atoms with Crippen LogP contribution in [0, 0.1) is 11.2 Å². The molecule has 0 spiro atoms. The number of amides is 1. The van der Waals surface area contributed by atoms with Crippen molar-refractivity contribution in [3.05, 3.63) is 71.0 Å². The van der Waals surface area contributed by atoms with E-state index in [9.17, 15) is 13.2 Å². The number of nitrogens with one attached hydrogen (secondary N) is 1. The van der Waals surface area contributed by atoms with E-state index in [1.165, 1.54) is 10.4 Å². The Bertz CT molecular complexity index is 1220. The Morgan fingerprint density at radius 1 is 1.11 bits per heavy atom. The van der Waals surface area contributed by atoms with E-state index in [1.807, 2.05) is 37.3 Å². The topological polar surface area (TPSA) is 75.7 Å². The van der Waals surface area contributed by atoms with E-state index in [0.717, 1.165) is 12.0 Å². The quantitative estimate of drug-likeness (QED) is 0.501. The second kappa shape index (κ2) is 11.4. The highest BCUT2D eigenvalue weighted by molar-refractivity contribution is 7.89. The normalized spacial score (nSPS) is 23.6. The number of carbonyl (C=O) groups is 1. The zero-order valence-electron chi connectivity index (χ0n) is 23.0. The van der Waals surface area contributed by atoms with Gasteiger partial charge in [-0.25, -0.2) is 12.8 Å². The van der Waals surface area contributed by atoms with Crippen molar-refractivity contribution in [1.82, 2.24) is 9.62 Å². The molecule has 1 amide bonds. The molecule has 4 rings (SSSR count). The van der Waals surface area contributed by atoms with Gasteiger partial charge in [0.1, 0.15) is 11.1 Å². The number of hydrogen-bond donors (Lipinski definition) is 1. The summed E-state index contributed by atoms with van der Waals surface area (Å²) in [4.78, 5) is 13.4. The van der Waals surface area contributed by atoms with E-state index in [-0.39, 0.29) is 23.9 Å². The number of carbonyl (C=O) groups excluding carboxylic acids is 1. The van der Waals surface area contributed by atoms with Gasteiger partial charge < -0.3 is 10.1 Å². The van der Waals surface area contributed by atoms with Gasteiger partial charge in [-0.15, -0.1) is 0 Å². The summed E-state index contributed by atoms with van der Waals surface area (Å²) in [5.74, 6) is -0.595. The minimum absolute atomic E-state index is 0.0252. The summed E-state index contributed by atoms with van der Waals surface area (Å²) in [5, 5.41) is 2.44. The lowest BCUT2D eigenvalue weighted by Gasteiger charge is -2.39. The van der Waals surface area contributed by atoms with Gasteiger partial charge in [0, 0.05) is 37.9 Å². The maximum atomic E-state index is 15.7. The average Bonchev–Trinajstić information content (AvgIpc) is 2.89. The van der Waals surface area contributed by atoms with Crippen molar-refractivity contribution in [2.24, 2.45) is 5.41 Å². The molecular formula is C30H41FN2O4S. The monoisotopic (exact) mass is 544 g/mol. The lowest BCUT2D eigenvalue weighted by atomic mass is 9.73. The molecule has 2 heterocycles. The first-order valence-electron chi connectivity index (χ1n) is 13.7. The third-order valence-electron chi connectivity index (χ3n) is 7.99. The Balaban J connectivity index is 1.62. The molecule has 0 aromatic heterocycles. The predicted molar refractivity (Wildman–Crippen MR) is 148 cm³/mol. The number of nitrogens with zero attached hydrogens (tertiary/aromatic N) is 1. The van der Waals surface area contributed by atoms with Gasteiger partial charge in [-0.05, 0) is 54.7 Å². The fraction of sp³-hybridized carbons (Fsp3) is 0.567. The molecule has 208 valence electrons. The second-order valence-corrected chi connectivity index (χ2v) is 13.9. The van der Waals surface area contributed by atoms with Crippen LogP contribution in [0.1, 0.15) is 81.7 Å². The molecule has 1 N–H and O–H groups in total. The highest BCUT2D eigenvalue weighted by atomic mass is 32.2. The average molecular weight is 545 g/mol. The maximum absolute atomic E-state index is 15.7. The number of hydrogen-bond acceptors (Lipinski definition) is 4. The van der Waals surface area contributed by atoms with Gasteiger partial charge in [0.25, 0.3) is 0 Å². The number of ether oxygens (including phenoxy) is 1. The smallest absolute Gasteiger partial charge is 0.230 e.